The number of aryl methyl sites for hydroxylation is 2. The third-order valence-electron chi connectivity index (χ3n) is 2.85. The van der Waals surface area contributed by atoms with Crippen LogP contribution in [0.1, 0.15) is 21.6 Å². The van der Waals surface area contributed by atoms with E-state index in [-0.39, 0.29) is 17.1 Å². The molecule has 0 radical (unpaired) electrons. The number of methoxy groups -OCH3 is 1. The fourth-order valence-corrected chi connectivity index (χ4v) is 1.82. The molecule has 19 heavy (non-hydrogen) atoms. The van der Waals surface area contributed by atoms with Gasteiger partial charge in [0.1, 0.15) is 17.1 Å². The van der Waals surface area contributed by atoms with Crippen LogP contribution in [0.3, 0.4) is 0 Å². The van der Waals surface area contributed by atoms with Gasteiger partial charge in [0.05, 0.1) is 13.4 Å². The van der Waals surface area contributed by atoms with Gasteiger partial charge in [-0.2, -0.15) is 0 Å². The average Bonchev–Trinajstić information content (AvgIpc) is 2.91. The SMILES string of the molecule is COC(=O)c1c(O)ccc(CCc2cnc[nH]2)c1O. The summed E-state index contributed by atoms with van der Waals surface area (Å²) in [6, 6.07) is 2.95. The van der Waals surface area contributed by atoms with E-state index in [1.54, 1.807) is 18.6 Å². The minimum Gasteiger partial charge on any atom is -0.507 e. The van der Waals surface area contributed by atoms with Crippen LogP contribution in [-0.4, -0.2) is 33.3 Å². The van der Waals surface area contributed by atoms with Crippen LogP contribution >= 0.6 is 0 Å². The number of aromatic hydroxyl groups is 2. The molecule has 0 spiro atoms. The zero-order valence-electron chi connectivity index (χ0n) is 10.4. The van der Waals surface area contributed by atoms with E-state index in [0.29, 0.717) is 18.4 Å². The number of imidazole rings is 1. The predicted molar refractivity (Wildman–Crippen MR) is 67.1 cm³/mol. The normalized spacial score (nSPS) is 10.4. The number of nitrogens with one attached hydrogen (secondary N) is 1. The van der Waals surface area contributed by atoms with Gasteiger partial charge in [0.15, 0.2) is 0 Å². The van der Waals surface area contributed by atoms with Crippen molar-refractivity contribution in [2.45, 2.75) is 12.8 Å². The molecule has 3 N–H and O–H groups in total. The fourth-order valence-electron chi connectivity index (χ4n) is 1.82. The lowest BCUT2D eigenvalue weighted by Gasteiger charge is -2.09. The van der Waals surface area contributed by atoms with Crippen LogP contribution in [0.4, 0.5) is 0 Å². The van der Waals surface area contributed by atoms with Gasteiger partial charge < -0.3 is 19.9 Å². The van der Waals surface area contributed by atoms with Crippen LogP contribution in [0.15, 0.2) is 24.7 Å². The number of aromatic nitrogens is 2. The van der Waals surface area contributed by atoms with Crippen molar-refractivity contribution in [3.05, 3.63) is 41.5 Å². The smallest absolute Gasteiger partial charge is 0.345 e. The second kappa shape index (κ2) is 5.43. The zero-order chi connectivity index (χ0) is 13.8. The highest BCUT2D eigenvalue weighted by molar-refractivity contribution is 5.95. The summed E-state index contributed by atoms with van der Waals surface area (Å²) in [6.07, 6.45) is 4.42. The lowest BCUT2D eigenvalue weighted by atomic mass is 10.0. The minimum absolute atomic E-state index is 0.204. The molecule has 6 heteroatoms. The lowest BCUT2D eigenvalue weighted by Crippen LogP contribution is -2.04. The van der Waals surface area contributed by atoms with Crippen molar-refractivity contribution in [3.63, 3.8) is 0 Å². The van der Waals surface area contributed by atoms with Crippen molar-refractivity contribution in [2.24, 2.45) is 0 Å². The summed E-state index contributed by atoms with van der Waals surface area (Å²) in [5.41, 5.74) is 1.28. The number of ether oxygens (including phenoxy) is 1. The van der Waals surface area contributed by atoms with Crippen LogP contribution in [0, 0.1) is 0 Å². The van der Waals surface area contributed by atoms with Crippen molar-refractivity contribution < 1.29 is 19.7 Å². The Bertz CT molecular complexity index is 579. The molecular formula is C13H14N2O4. The van der Waals surface area contributed by atoms with Crippen LogP contribution < -0.4 is 0 Å². The molecule has 2 rings (SSSR count). The number of hydrogen-bond acceptors (Lipinski definition) is 5. The molecule has 0 aliphatic carbocycles. The molecule has 0 unspecified atom stereocenters. The Kier molecular flexibility index (Phi) is 3.70. The van der Waals surface area contributed by atoms with Gasteiger partial charge in [-0.25, -0.2) is 9.78 Å². The van der Waals surface area contributed by atoms with Crippen molar-refractivity contribution in [2.75, 3.05) is 7.11 Å². The third-order valence-corrected chi connectivity index (χ3v) is 2.85. The molecule has 0 amide bonds. The van der Waals surface area contributed by atoms with E-state index in [1.807, 2.05) is 0 Å². The van der Waals surface area contributed by atoms with Crippen molar-refractivity contribution in [3.8, 4) is 11.5 Å². The summed E-state index contributed by atoms with van der Waals surface area (Å²) in [4.78, 5) is 18.3. The highest BCUT2D eigenvalue weighted by Crippen LogP contribution is 2.31. The number of phenolic OH excluding ortho intramolecular Hbond substituents is 2. The maximum atomic E-state index is 11.5. The van der Waals surface area contributed by atoms with Crippen LogP contribution in [0.5, 0.6) is 11.5 Å². The van der Waals surface area contributed by atoms with Gasteiger partial charge in [-0.15, -0.1) is 0 Å². The first-order chi connectivity index (χ1) is 9.13. The molecule has 1 aromatic carbocycles. The molecule has 0 bridgehead atoms. The zero-order valence-corrected chi connectivity index (χ0v) is 10.4. The first-order valence-electron chi connectivity index (χ1n) is 5.73. The Balaban J connectivity index is 2.24. The number of H-pyrrole nitrogens is 1. The van der Waals surface area contributed by atoms with Crippen LogP contribution in [-0.2, 0) is 17.6 Å². The molecular weight excluding hydrogens is 248 g/mol. The number of carbonyl (C=O) groups is 1. The Morgan fingerprint density at radius 1 is 1.37 bits per heavy atom. The monoisotopic (exact) mass is 262 g/mol. The molecule has 0 saturated heterocycles. The largest absolute Gasteiger partial charge is 0.507 e. The summed E-state index contributed by atoms with van der Waals surface area (Å²) >= 11 is 0. The number of rotatable bonds is 4. The lowest BCUT2D eigenvalue weighted by molar-refractivity contribution is 0.0594. The van der Waals surface area contributed by atoms with Gasteiger partial charge in [0, 0.05) is 11.9 Å². The van der Waals surface area contributed by atoms with Crippen LogP contribution in [0.2, 0.25) is 0 Å². The van der Waals surface area contributed by atoms with Gasteiger partial charge in [0.25, 0.3) is 0 Å². The first kappa shape index (κ1) is 12.9. The van der Waals surface area contributed by atoms with E-state index >= 15 is 0 Å². The Morgan fingerprint density at radius 3 is 2.79 bits per heavy atom. The summed E-state index contributed by atoms with van der Waals surface area (Å²) < 4.78 is 4.53. The molecule has 100 valence electrons. The number of phenols is 2. The fraction of sp³-hybridized carbons (Fsp3) is 0.231. The van der Waals surface area contributed by atoms with Crippen molar-refractivity contribution >= 4 is 5.97 Å². The third kappa shape index (κ3) is 2.67. The average molecular weight is 262 g/mol. The topological polar surface area (TPSA) is 95.4 Å². The first-order valence-corrected chi connectivity index (χ1v) is 5.73. The van der Waals surface area contributed by atoms with E-state index in [0.717, 1.165) is 5.69 Å². The van der Waals surface area contributed by atoms with Gasteiger partial charge in [-0.3, -0.25) is 0 Å². The molecule has 6 nitrogen and oxygen atoms in total. The highest BCUT2D eigenvalue weighted by Gasteiger charge is 2.19. The second-order valence-corrected chi connectivity index (χ2v) is 4.04. The number of nitrogens with zero attached hydrogens (tertiary/aromatic N) is 1. The quantitative estimate of drug-likeness (QED) is 0.724. The van der Waals surface area contributed by atoms with E-state index in [2.05, 4.69) is 14.7 Å². The van der Waals surface area contributed by atoms with Gasteiger partial charge >= 0.3 is 5.97 Å². The molecule has 1 aromatic heterocycles. The van der Waals surface area contributed by atoms with Gasteiger partial charge in [-0.05, 0) is 24.5 Å². The summed E-state index contributed by atoms with van der Waals surface area (Å²) in [7, 11) is 1.19. The number of aromatic amines is 1. The van der Waals surface area contributed by atoms with Crippen molar-refractivity contribution in [1.29, 1.82) is 0 Å². The number of esters is 1. The van der Waals surface area contributed by atoms with Crippen LogP contribution in [0.25, 0.3) is 0 Å². The minimum atomic E-state index is -0.765. The molecule has 0 atom stereocenters. The summed E-state index contributed by atoms with van der Waals surface area (Å²) in [6.45, 7) is 0. The summed E-state index contributed by atoms with van der Waals surface area (Å²) in [5.74, 6) is -1.31. The van der Waals surface area contributed by atoms with E-state index in [1.165, 1.54) is 13.2 Å². The van der Waals surface area contributed by atoms with E-state index in [4.69, 9.17) is 0 Å². The van der Waals surface area contributed by atoms with Gasteiger partial charge in [-0.1, -0.05) is 6.07 Å². The molecule has 0 aliphatic heterocycles. The van der Waals surface area contributed by atoms with Gasteiger partial charge in [0.2, 0.25) is 0 Å². The molecule has 1 heterocycles. The summed E-state index contributed by atoms with van der Waals surface area (Å²) in [5, 5.41) is 19.6. The van der Waals surface area contributed by atoms with E-state index in [9.17, 15) is 15.0 Å². The Hall–Kier alpha value is -2.50. The highest BCUT2D eigenvalue weighted by atomic mass is 16.5. The maximum Gasteiger partial charge on any atom is 0.345 e. The molecule has 2 aromatic rings. The Labute approximate surface area is 109 Å². The predicted octanol–water partition coefficient (Wildman–Crippen LogP) is 1.39. The molecule has 0 aliphatic rings. The number of carbonyl (C=O) groups excluding carboxylic acids is 1. The number of benzene rings is 1. The molecule has 0 saturated carbocycles. The standard InChI is InChI=1S/C13H14N2O4/c1-19-13(18)11-10(16)5-3-8(12(11)17)2-4-9-6-14-7-15-9/h3,5-7,16-17H,2,4H2,1H3,(H,14,15). The number of hydrogen-bond donors (Lipinski definition) is 3. The van der Waals surface area contributed by atoms with E-state index < -0.39 is 5.97 Å². The maximum absolute atomic E-state index is 11.5. The van der Waals surface area contributed by atoms with Crippen molar-refractivity contribution in [1.82, 2.24) is 9.97 Å². The molecule has 0 fully saturated rings. The second-order valence-electron chi connectivity index (χ2n) is 4.04. The Morgan fingerprint density at radius 2 is 2.16 bits per heavy atom.